The van der Waals surface area contributed by atoms with Crippen LogP contribution < -0.4 is 10.1 Å². The molecule has 0 aromatic heterocycles. The zero-order chi connectivity index (χ0) is 17.4. The topological polar surface area (TPSA) is 61.8 Å². The van der Waals surface area contributed by atoms with E-state index in [2.05, 4.69) is 5.32 Å². The third-order valence-electron chi connectivity index (χ3n) is 3.67. The largest absolute Gasteiger partial charge is 0.496 e. The van der Waals surface area contributed by atoms with Gasteiger partial charge < -0.3 is 15.2 Å². The van der Waals surface area contributed by atoms with Gasteiger partial charge in [0.05, 0.1) is 20.3 Å². The third kappa shape index (κ3) is 5.37. The number of aryl methyl sites for hydroxylation is 1. The summed E-state index contributed by atoms with van der Waals surface area (Å²) in [6.07, 6.45) is 0. The van der Waals surface area contributed by atoms with Crippen molar-refractivity contribution in [2.75, 3.05) is 32.1 Å². The molecule has 0 saturated carbocycles. The number of amides is 1. The molecule has 2 aromatic rings. The molecule has 0 radical (unpaired) electrons. The van der Waals surface area contributed by atoms with Gasteiger partial charge in [-0.3, -0.25) is 9.69 Å². The normalized spacial score (nSPS) is 10.7. The van der Waals surface area contributed by atoms with Crippen molar-refractivity contribution in [2.24, 2.45) is 0 Å². The maximum atomic E-state index is 12.3. The summed E-state index contributed by atoms with van der Waals surface area (Å²) < 4.78 is 5.35. The van der Waals surface area contributed by atoms with E-state index < -0.39 is 0 Å². The Morgan fingerprint density at radius 2 is 2.00 bits per heavy atom. The van der Waals surface area contributed by atoms with Crippen molar-refractivity contribution in [3.05, 3.63) is 59.7 Å². The molecule has 0 fully saturated rings. The van der Waals surface area contributed by atoms with Crippen molar-refractivity contribution in [1.29, 1.82) is 0 Å². The Hall–Kier alpha value is -2.37. The fourth-order valence-corrected chi connectivity index (χ4v) is 2.56. The average Bonchev–Trinajstić information content (AvgIpc) is 2.55. The Morgan fingerprint density at radius 3 is 2.71 bits per heavy atom. The maximum absolute atomic E-state index is 12.3. The minimum Gasteiger partial charge on any atom is -0.496 e. The summed E-state index contributed by atoms with van der Waals surface area (Å²) in [5, 5.41) is 12.2. The summed E-state index contributed by atoms with van der Waals surface area (Å²) in [7, 11) is 1.62. The van der Waals surface area contributed by atoms with Gasteiger partial charge in [-0.1, -0.05) is 30.3 Å². The Morgan fingerprint density at radius 1 is 1.21 bits per heavy atom. The van der Waals surface area contributed by atoms with Gasteiger partial charge in [-0.15, -0.1) is 0 Å². The van der Waals surface area contributed by atoms with Gasteiger partial charge >= 0.3 is 0 Å². The molecule has 24 heavy (non-hydrogen) atoms. The Balaban J connectivity index is 2.01. The molecule has 128 valence electrons. The highest BCUT2D eigenvalue weighted by atomic mass is 16.5. The van der Waals surface area contributed by atoms with E-state index in [1.807, 2.05) is 60.4 Å². The molecule has 0 bridgehead atoms. The van der Waals surface area contributed by atoms with E-state index in [1.165, 1.54) is 0 Å². The lowest BCUT2D eigenvalue weighted by molar-refractivity contribution is -0.117. The molecule has 0 saturated heterocycles. The fraction of sp³-hybridized carbons (Fsp3) is 0.316. The molecule has 2 rings (SSSR count). The highest BCUT2D eigenvalue weighted by Crippen LogP contribution is 2.19. The predicted octanol–water partition coefficient (Wildman–Crippen LogP) is 2.44. The summed E-state index contributed by atoms with van der Waals surface area (Å²) in [6, 6.07) is 15.4. The summed E-state index contributed by atoms with van der Waals surface area (Å²) in [6.45, 7) is 3.12. The zero-order valence-corrected chi connectivity index (χ0v) is 14.2. The number of carbonyl (C=O) groups is 1. The zero-order valence-electron chi connectivity index (χ0n) is 14.2. The minimum atomic E-state index is -0.107. The number of rotatable bonds is 8. The summed E-state index contributed by atoms with van der Waals surface area (Å²) >= 11 is 0. The maximum Gasteiger partial charge on any atom is 0.238 e. The van der Waals surface area contributed by atoms with Crippen LogP contribution in [0.4, 0.5) is 5.69 Å². The van der Waals surface area contributed by atoms with Crippen LogP contribution in [0.2, 0.25) is 0 Å². The van der Waals surface area contributed by atoms with Crippen molar-refractivity contribution in [3.63, 3.8) is 0 Å². The van der Waals surface area contributed by atoms with E-state index in [1.54, 1.807) is 7.11 Å². The number of nitrogens with one attached hydrogen (secondary N) is 1. The number of aliphatic hydroxyl groups is 1. The van der Waals surface area contributed by atoms with E-state index in [-0.39, 0.29) is 19.1 Å². The Labute approximate surface area is 142 Å². The van der Waals surface area contributed by atoms with Crippen LogP contribution in [0.3, 0.4) is 0 Å². The standard InChI is InChI=1S/C19H24N2O3/c1-15-6-5-8-17(12-15)20-19(23)14-21(10-11-22)13-16-7-3-4-9-18(16)24-2/h3-9,12,22H,10-11,13-14H2,1-2H3,(H,20,23). The van der Waals surface area contributed by atoms with E-state index >= 15 is 0 Å². The first-order chi connectivity index (χ1) is 11.6. The highest BCUT2D eigenvalue weighted by Gasteiger charge is 2.13. The molecule has 0 atom stereocenters. The van der Waals surface area contributed by atoms with Crippen LogP contribution in [0, 0.1) is 6.92 Å². The highest BCUT2D eigenvalue weighted by molar-refractivity contribution is 5.92. The van der Waals surface area contributed by atoms with Crippen LogP contribution in [-0.2, 0) is 11.3 Å². The van der Waals surface area contributed by atoms with Crippen LogP contribution in [-0.4, -0.2) is 42.7 Å². The molecule has 1 amide bonds. The molecule has 2 aromatic carbocycles. The number of ether oxygens (including phenoxy) is 1. The second kappa shape index (κ2) is 9.05. The van der Waals surface area contributed by atoms with Crippen molar-refractivity contribution in [1.82, 2.24) is 4.90 Å². The number of para-hydroxylation sites is 1. The van der Waals surface area contributed by atoms with Gasteiger partial charge in [0.15, 0.2) is 0 Å². The second-order valence-corrected chi connectivity index (χ2v) is 5.66. The number of methoxy groups -OCH3 is 1. The van der Waals surface area contributed by atoms with Gasteiger partial charge in [-0.05, 0) is 30.7 Å². The van der Waals surface area contributed by atoms with Crippen molar-refractivity contribution in [2.45, 2.75) is 13.5 Å². The SMILES string of the molecule is COc1ccccc1CN(CCO)CC(=O)Nc1cccc(C)c1. The van der Waals surface area contributed by atoms with Gasteiger partial charge in [0.25, 0.3) is 0 Å². The molecule has 2 N–H and O–H groups in total. The molecule has 0 aliphatic rings. The van der Waals surface area contributed by atoms with E-state index in [9.17, 15) is 9.90 Å². The van der Waals surface area contributed by atoms with Gasteiger partial charge in [0.2, 0.25) is 5.91 Å². The first-order valence-electron chi connectivity index (χ1n) is 7.94. The quantitative estimate of drug-likeness (QED) is 0.781. The minimum absolute atomic E-state index is 0.00707. The van der Waals surface area contributed by atoms with Gasteiger partial charge in [-0.2, -0.15) is 0 Å². The molecular formula is C19H24N2O3. The van der Waals surface area contributed by atoms with E-state index in [4.69, 9.17) is 4.74 Å². The summed E-state index contributed by atoms with van der Waals surface area (Å²) in [4.78, 5) is 14.2. The lowest BCUT2D eigenvalue weighted by Crippen LogP contribution is -2.35. The van der Waals surface area contributed by atoms with Crippen molar-refractivity contribution < 1.29 is 14.6 Å². The summed E-state index contributed by atoms with van der Waals surface area (Å²) in [5.74, 6) is 0.670. The molecule has 0 aliphatic carbocycles. The Bertz CT molecular complexity index is 673. The van der Waals surface area contributed by atoms with E-state index in [0.717, 1.165) is 22.6 Å². The number of nitrogens with zero attached hydrogens (tertiary/aromatic N) is 1. The van der Waals surface area contributed by atoms with Gasteiger partial charge in [0, 0.05) is 24.3 Å². The van der Waals surface area contributed by atoms with Gasteiger partial charge in [-0.25, -0.2) is 0 Å². The number of benzene rings is 2. The molecule has 0 heterocycles. The number of hydrogen-bond donors (Lipinski definition) is 2. The Kier molecular flexibility index (Phi) is 6.78. The molecule has 5 heteroatoms. The molecule has 0 unspecified atom stereocenters. The van der Waals surface area contributed by atoms with Crippen LogP contribution in [0.25, 0.3) is 0 Å². The fourth-order valence-electron chi connectivity index (χ4n) is 2.56. The van der Waals surface area contributed by atoms with E-state index in [0.29, 0.717) is 13.1 Å². The van der Waals surface area contributed by atoms with Crippen LogP contribution >= 0.6 is 0 Å². The van der Waals surface area contributed by atoms with Gasteiger partial charge in [0.1, 0.15) is 5.75 Å². The summed E-state index contributed by atoms with van der Waals surface area (Å²) in [5.41, 5.74) is 2.85. The molecule has 5 nitrogen and oxygen atoms in total. The second-order valence-electron chi connectivity index (χ2n) is 5.66. The lowest BCUT2D eigenvalue weighted by atomic mass is 10.2. The molecule has 0 spiro atoms. The number of carbonyl (C=O) groups excluding carboxylic acids is 1. The molecular weight excluding hydrogens is 304 g/mol. The van der Waals surface area contributed by atoms with Crippen LogP contribution in [0.1, 0.15) is 11.1 Å². The first-order valence-corrected chi connectivity index (χ1v) is 7.94. The van der Waals surface area contributed by atoms with Crippen molar-refractivity contribution in [3.8, 4) is 5.75 Å². The number of hydrogen-bond acceptors (Lipinski definition) is 4. The lowest BCUT2D eigenvalue weighted by Gasteiger charge is -2.22. The predicted molar refractivity (Wildman–Crippen MR) is 95.2 cm³/mol. The average molecular weight is 328 g/mol. The number of anilines is 1. The van der Waals surface area contributed by atoms with Crippen LogP contribution in [0.15, 0.2) is 48.5 Å². The van der Waals surface area contributed by atoms with Crippen LogP contribution in [0.5, 0.6) is 5.75 Å². The smallest absolute Gasteiger partial charge is 0.238 e. The monoisotopic (exact) mass is 328 g/mol. The van der Waals surface area contributed by atoms with Crippen molar-refractivity contribution >= 4 is 11.6 Å². The molecule has 0 aliphatic heterocycles. The third-order valence-corrected chi connectivity index (χ3v) is 3.67. The first kappa shape index (κ1) is 18.0. The number of aliphatic hydroxyl groups excluding tert-OH is 1.